The summed E-state index contributed by atoms with van der Waals surface area (Å²) in [6.45, 7) is 3.43. The van der Waals surface area contributed by atoms with Crippen LogP contribution in [0.1, 0.15) is 12.2 Å². The van der Waals surface area contributed by atoms with Crippen LogP contribution in [0.15, 0.2) is 36.5 Å². The van der Waals surface area contributed by atoms with E-state index in [9.17, 15) is 4.79 Å². The van der Waals surface area contributed by atoms with Crippen LogP contribution in [0.2, 0.25) is 5.02 Å². The Kier molecular flexibility index (Phi) is 4.62. The molecule has 0 aliphatic carbocycles. The van der Waals surface area contributed by atoms with Crippen molar-refractivity contribution in [2.75, 3.05) is 23.3 Å². The van der Waals surface area contributed by atoms with E-state index in [1.54, 1.807) is 19.2 Å². The molecule has 1 saturated heterocycles. The van der Waals surface area contributed by atoms with Crippen LogP contribution in [0.3, 0.4) is 0 Å². The van der Waals surface area contributed by atoms with E-state index in [2.05, 4.69) is 25.5 Å². The molecule has 6 nitrogen and oxygen atoms in total. The summed E-state index contributed by atoms with van der Waals surface area (Å²) in [6.07, 6.45) is 2.51. The minimum atomic E-state index is -0.249. The highest BCUT2D eigenvalue weighted by atomic mass is 35.5. The number of hydrogen-bond donors (Lipinski definition) is 2. The van der Waals surface area contributed by atoms with Crippen LogP contribution in [-0.2, 0) is 0 Å². The summed E-state index contributed by atoms with van der Waals surface area (Å²) in [7, 11) is 0. The van der Waals surface area contributed by atoms with Crippen molar-refractivity contribution >= 4 is 29.1 Å². The summed E-state index contributed by atoms with van der Waals surface area (Å²) < 4.78 is 0. The summed E-state index contributed by atoms with van der Waals surface area (Å²) in [5.41, 5.74) is 1.08. The number of carbonyl (C=O) groups excluding carboxylic acids is 1. The maximum atomic E-state index is 12.1. The highest BCUT2D eigenvalue weighted by molar-refractivity contribution is 6.30. The molecule has 1 atom stereocenters. The van der Waals surface area contributed by atoms with Crippen molar-refractivity contribution in [3.63, 3.8) is 0 Å². The van der Waals surface area contributed by atoms with Gasteiger partial charge in [-0.05, 0) is 37.6 Å². The maximum absolute atomic E-state index is 12.1. The van der Waals surface area contributed by atoms with E-state index >= 15 is 0 Å². The summed E-state index contributed by atoms with van der Waals surface area (Å²) in [6, 6.07) is 9.26. The second-order valence-corrected chi connectivity index (χ2v) is 5.94. The van der Waals surface area contributed by atoms with Crippen LogP contribution >= 0.6 is 11.6 Å². The van der Waals surface area contributed by atoms with Crippen molar-refractivity contribution in [2.24, 2.45) is 0 Å². The monoisotopic (exact) mass is 331 g/mol. The second-order valence-electron chi connectivity index (χ2n) is 5.50. The number of aryl methyl sites for hydroxylation is 1. The third-order valence-corrected chi connectivity index (χ3v) is 3.95. The molecule has 7 heteroatoms. The fourth-order valence-corrected chi connectivity index (χ4v) is 2.83. The summed E-state index contributed by atoms with van der Waals surface area (Å²) in [4.78, 5) is 22.4. The predicted molar refractivity (Wildman–Crippen MR) is 91.0 cm³/mol. The molecule has 3 rings (SSSR count). The fraction of sp³-hybridized carbons (Fsp3) is 0.312. The number of nitrogens with zero attached hydrogens (tertiary/aromatic N) is 3. The fourth-order valence-electron chi connectivity index (χ4n) is 2.65. The molecule has 1 aromatic carbocycles. The minimum Gasteiger partial charge on any atom is -0.369 e. The lowest BCUT2D eigenvalue weighted by atomic mass is 10.3. The molecule has 0 spiro atoms. The summed E-state index contributed by atoms with van der Waals surface area (Å²) >= 11 is 6.03. The van der Waals surface area contributed by atoms with E-state index in [-0.39, 0.29) is 12.1 Å². The molecule has 2 aromatic rings. The number of nitrogens with one attached hydrogen (secondary N) is 2. The summed E-state index contributed by atoms with van der Waals surface area (Å²) in [5.74, 6) is 1.12. The first-order chi connectivity index (χ1) is 11.1. The van der Waals surface area contributed by atoms with Gasteiger partial charge in [-0.15, -0.1) is 0 Å². The Bertz CT molecular complexity index is 708. The quantitative estimate of drug-likeness (QED) is 0.907. The molecule has 23 heavy (non-hydrogen) atoms. The Morgan fingerprint density at radius 1 is 1.39 bits per heavy atom. The number of benzene rings is 1. The number of rotatable bonds is 3. The van der Waals surface area contributed by atoms with Crippen molar-refractivity contribution < 1.29 is 4.79 Å². The van der Waals surface area contributed by atoms with Gasteiger partial charge in [-0.2, -0.15) is 0 Å². The number of anilines is 2. The maximum Gasteiger partial charge on any atom is 0.320 e. The van der Waals surface area contributed by atoms with Gasteiger partial charge in [0.1, 0.15) is 11.6 Å². The zero-order valence-corrected chi connectivity index (χ0v) is 13.5. The summed E-state index contributed by atoms with van der Waals surface area (Å²) in [5, 5.41) is 6.43. The van der Waals surface area contributed by atoms with Gasteiger partial charge in [0.15, 0.2) is 0 Å². The highest BCUT2D eigenvalue weighted by Crippen LogP contribution is 2.23. The Labute approximate surface area is 139 Å². The molecule has 0 bridgehead atoms. The van der Waals surface area contributed by atoms with Crippen LogP contribution in [0.25, 0.3) is 0 Å². The van der Waals surface area contributed by atoms with E-state index in [1.807, 2.05) is 24.3 Å². The Morgan fingerprint density at radius 3 is 3.04 bits per heavy atom. The van der Waals surface area contributed by atoms with Gasteiger partial charge in [-0.25, -0.2) is 14.8 Å². The van der Waals surface area contributed by atoms with E-state index in [0.717, 1.165) is 30.2 Å². The van der Waals surface area contributed by atoms with Crippen LogP contribution in [-0.4, -0.2) is 35.1 Å². The Hall–Kier alpha value is -2.34. The van der Waals surface area contributed by atoms with Gasteiger partial charge in [0, 0.05) is 36.0 Å². The molecule has 1 aromatic heterocycles. The van der Waals surface area contributed by atoms with Gasteiger partial charge in [0.25, 0.3) is 0 Å². The molecule has 1 aliphatic rings. The molecule has 1 aliphatic heterocycles. The number of hydrogen-bond acceptors (Lipinski definition) is 4. The number of amides is 2. The number of carbonyl (C=O) groups is 1. The number of aromatic nitrogens is 2. The number of urea groups is 1. The lowest BCUT2D eigenvalue weighted by molar-refractivity contribution is 0.249. The molecule has 2 amide bonds. The van der Waals surface area contributed by atoms with Gasteiger partial charge in [0.2, 0.25) is 0 Å². The van der Waals surface area contributed by atoms with E-state index in [4.69, 9.17) is 11.6 Å². The van der Waals surface area contributed by atoms with Crippen LogP contribution < -0.4 is 15.5 Å². The van der Waals surface area contributed by atoms with Gasteiger partial charge in [0.05, 0.1) is 0 Å². The molecule has 0 radical (unpaired) electrons. The topological polar surface area (TPSA) is 70.2 Å². The van der Waals surface area contributed by atoms with Crippen molar-refractivity contribution in [1.82, 2.24) is 15.3 Å². The predicted octanol–water partition coefficient (Wildman–Crippen LogP) is 2.84. The lowest BCUT2D eigenvalue weighted by Crippen LogP contribution is -2.39. The molecular formula is C16H18ClN5O. The lowest BCUT2D eigenvalue weighted by Gasteiger charge is -2.19. The third kappa shape index (κ3) is 4.10. The molecule has 2 N–H and O–H groups in total. The SMILES string of the molecule is Cc1nccc(NC(=O)NC2CCN(c3cccc(Cl)c3)C2)n1. The Balaban J connectivity index is 1.54. The van der Waals surface area contributed by atoms with Crippen molar-refractivity contribution in [3.05, 3.63) is 47.4 Å². The largest absolute Gasteiger partial charge is 0.369 e. The average Bonchev–Trinajstić information content (AvgIpc) is 2.95. The van der Waals surface area contributed by atoms with Crippen molar-refractivity contribution in [1.29, 1.82) is 0 Å². The van der Waals surface area contributed by atoms with Crippen LogP contribution in [0, 0.1) is 6.92 Å². The van der Waals surface area contributed by atoms with Crippen LogP contribution in [0.4, 0.5) is 16.3 Å². The number of halogens is 1. The molecule has 2 heterocycles. The standard InChI is InChI=1S/C16H18ClN5O/c1-11-18-7-5-15(19-11)21-16(23)20-13-6-8-22(10-13)14-4-2-3-12(17)9-14/h2-5,7,9,13H,6,8,10H2,1H3,(H2,18,19,20,21,23). The molecule has 0 saturated carbocycles. The van der Waals surface area contributed by atoms with E-state index in [0.29, 0.717) is 11.6 Å². The molecular weight excluding hydrogens is 314 g/mol. The second kappa shape index (κ2) is 6.83. The Morgan fingerprint density at radius 2 is 2.26 bits per heavy atom. The minimum absolute atomic E-state index is 0.0944. The first-order valence-corrected chi connectivity index (χ1v) is 7.85. The van der Waals surface area contributed by atoms with Gasteiger partial charge in [-0.3, -0.25) is 5.32 Å². The molecule has 120 valence electrons. The average molecular weight is 332 g/mol. The van der Waals surface area contributed by atoms with E-state index < -0.39 is 0 Å². The zero-order valence-electron chi connectivity index (χ0n) is 12.8. The molecule has 1 unspecified atom stereocenters. The van der Waals surface area contributed by atoms with Gasteiger partial charge in [-0.1, -0.05) is 17.7 Å². The first kappa shape index (κ1) is 15.6. The third-order valence-electron chi connectivity index (χ3n) is 3.71. The van der Waals surface area contributed by atoms with E-state index in [1.165, 1.54) is 0 Å². The zero-order chi connectivity index (χ0) is 16.2. The van der Waals surface area contributed by atoms with Gasteiger partial charge >= 0.3 is 6.03 Å². The first-order valence-electron chi connectivity index (χ1n) is 7.48. The normalized spacial score (nSPS) is 17.1. The van der Waals surface area contributed by atoms with Crippen LogP contribution in [0.5, 0.6) is 0 Å². The smallest absolute Gasteiger partial charge is 0.320 e. The van der Waals surface area contributed by atoms with Crippen molar-refractivity contribution in [3.8, 4) is 0 Å². The highest BCUT2D eigenvalue weighted by Gasteiger charge is 2.24. The van der Waals surface area contributed by atoms with Crippen molar-refractivity contribution in [2.45, 2.75) is 19.4 Å². The molecule has 1 fully saturated rings. The van der Waals surface area contributed by atoms with Gasteiger partial charge < -0.3 is 10.2 Å².